The van der Waals surface area contributed by atoms with E-state index in [9.17, 15) is 10.1 Å². The summed E-state index contributed by atoms with van der Waals surface area (Å²) in [7, 11) is 0. The van der Waals surface area contributed by atoms with Crippen LogP contribution in [-0.2, 0) is 4.79 Å². The first-order valence-corrected chi connectivity index (χ1v) is 8.16. The Balaban J connectivity index is 2.06. The standard InChI is InChI=1S/C21H20N2O3/c1-3-13-26-20-9-5-16(6-10-20)14-17(15-22)21(24)23-18-7-11-19(12-8-18)25-4-2/h3,5-12,14H,1,4,13H2,2H3,(H,23,24)/b17-14-. The second kappa shape index (κ2) is 9.70. The quantitative estimate of drug-likeness (QED) is 0.441. The Morgan fingerprint density at radius 1 is 1.12 bits per heavy atom. The summed E-state index contributed by atoms with van der Waals surface area (Å²) in [6.45, 7) is 6.48. The second-order valence-electron chi connectivity index (χ2n) is 5.25. The van der Waals surface area contributed by atoms with Gasteiger partial charge in [-0.2, -0.15) is 5.26 Å². The van der Waals surface area contributed by atoms with Gasteiger partial charge in [0.05, 0.1) is 6.61 Å². The molecule has 2 aromatic carbocycles. The zero-order valence-electron chi connectivity index (χ0n) is 14.6. The number of hydrogen-bond acceptors (Lipinski definition) is 4. The number of hydrogen-bond donors (Lipinski definition) is 1. The molecule has 0 heterocycles. The summed E-state index contributed by atoms with van der Waals surface area (Å²) in [6, 6.07) is 16.0. The Labute approximate surface area is 153 Å². The van der Waals surface area contributed by atoms with Gasteiger partial charge in [-0.3, -0.25) is 4.79 Å². The van der Waals surface area contributed by atoms with Crippen molar-refractivity contribution in [2.24, 2.45) is 0 Å². The number of benzene rings is 2. The lowest BCUT2D eigenvalue weighted by Crippen LogP contribution is -2.13. The molecule has 132 valence electrons. The molecular weight excluding hydrogens is 328 g/mol. The van der Waals surface area contributed by atoms with Crippen molar-refractivity contribution in [3.63, 3.8) is 0 Å². The molecule has 2 rings (SSSR count). The van der Waals surface area contributed by atoms with Gasteiger partial charge in [-0.05, 0) is 55.0 Å². The van der Waals surface area contributed by atoms with Crippen LogP contribution in [0.15, 0.2) is 66.8 Å². The molecule has 5 nitrogen and oxygen atoms in total. The zero-order valence-corrected chi connectivity index (χ0v) is 14.6. The summed E-state index contributed by atoms with van der Waals surface area (Å²) in [5.41, 5.74) is 1.33. The van der Waals surface area contributed by atoms with E-state index in [4.69, 9.17) is 9.47 Å². The van der Waals surface area contributed by atoms with Crippen molar-refractivity contribution in [1.29, 1.82) is 5.26 Å². The third kappa shape index (κ3) is 5.53. The van der Waals surface area contributed by atoms with Gasteiger partial charge in [-0.1, -0.05) is 24.8 Å². The molecule has 0 unspecified atom stereocenters. The van der Waals surface area contributed by atoms with Gasteiger partial charge in [0.25, 0.3) is 5.91 Å². The fourth-order valence-corrected chi connectivity index (χ4v) is 2.13. The van der Waals surface area contributed by atoms with Gasteiger partial charge < -0.3 is 14.8 Å². The highest BCUT2D eigenvalue weighted by Gasteiger charge is 2.09. The maximum absolute atomic E-state index is 12.3. The average molecular weight is 348 g/mol. The summed E-state index contributed by atoms with van der Waals surface area (Å²) in [5, 5.41) is 12.0. The normalized spacial score (nSPS) is 10.5. The van der Waals surface area contributed by atoms with E-state index in [1.165, 1.54) is 6.08 Å². The molecule has 0 bridgehead atoms. The van der Waals surface area contributed by atoms with E-state index < -0.39 is 5.91 Å². The molecule has 0 atom stereocenters. The first kappa shape index (κ1) is 18.8. The molecule has 0 aliphatic rings. The van der Waals surface area contributed by atoms with Gasteiger partial charge in [0.1, 0.15) is 29.7 Å². The van der Waals surface area contributed by atoms with E-state index in [0.29, 0.717) is 24.7 Å². The molecule has 2 aromatic rings. The van der Waals surface area contributed by atoms with Crippen LogP contribution in [0.1, 0.15) is 12.5 Å². The predicted octanol–water partition coefficient (Wildman–Crippen LogP) is 4.20. The highest BCUT2D eigenvalue weighted by atomic mass is 16.5. The number of nitriles is 1. The molecule has 5 heteroatoms. The van der Waals surface area contributed by atoms with Crippen molar-refractivity contribution in [2.75, 3.05) is 18.5 Å². The van der Waals surface area contributed by atoms with Crippen molar-refractivity contribution in [3.05, 3.63) is 72.3 Å². The lowest BCUT2D eigenvalue weighted by molar-refractivity contribution is -0.112. The molecular formula is C21H20N2O3. The molecule has 0 aliphatic heterocycles. The van der Waals surface area contributed by atoms with Crippen LogP contribution < -0.4 is 14.8 Å². The third-order valence-corrected chi connectivity index (χ3v) is 3.35. The van der Waals surface area contributed by atoms with Crippen molar-refractivity contribution < 1.29 is 14.3 Å². The van der Waals surface area contributed by atoms with Crippen molar-refractivity contribution in [2.45, 2.75) is 6.92 Å². The van der Waals surface area contributed by atoms with E-state index in [-0.39, 0.29) is 5.57 Å². The largest absolute Gasteiger partial charge is 0.494 e. The molecule has 0 saturated carbocycles. The van der Waals surface area contributed by atoms with Crippen LogP contribution in [0.2, 0.25) is 0 Å². The number of nitrogens with one attached hydrogen (secondary N) is 1. The SMILES string of the molecule is C=CCOc1ccc(/C=C(/C#N)C(=O)Nc2ccc(OCC)cc2)cc1. The van der Waals surface area contributed by atoms with Crippen LogP contribution in [0.4, 0.5) is 5.69 Å². The monoisotopic (exact) mass is 348 g/mol. The lowest BCUT2D eigenvalue weighted by atomic mass is 10.1. The predicted molar refractivity (Wildman–Crippen MR) is 102 cm³/mol. The summed E-state index contributed by atoms with van der Waals surface area (Å²) >= 11 is 0. The Morgan fingerprint density at radius 3 is 2.31 bits per heavy atom. The number of amides is 1. The molecule has 26 heavy (non-hydrogen) atoms. The molecule has 0 saturated heterocycles. The van der Waals surface area contributed by atoms with Crippen LogP contribution in [0.5, 0.6) is 11.5 Å². The minimum Gasteiger partial charge on any atom is -0.494 e. The molecule has 0 fully saturated rings. The first-order chi connectivity index (χ1) is 12.7. The highest BCUT2D eigenvalue weighted by Crippen LogP contribution is 2.18. The van der Waals surface area contributed by atoms with Crippen LogP contribution >= 0.6 is 0 Å². The number of rotatable bonds is 8. The van der Waals surface area contributed by atoms with Crippen molar-refractivity contribution in [3.8, 4) is 17.6 Å². The molecule has 0 spiro atoms. The number of ether oxygens (including phenoxy) is 2. The minimum atomic E-state index is -0.469. The fraction of sp³-hybridized carbons (Fsp3) is 0.143. The van der Waals surface area contributed by atoms with E-state index in [0.717, 1.165) is 11.3 Å². The Morgan fingerprint density at radius 2 is 1.73 bits per heavy atom. The zero-order chi connectivity index (χ0) is 18.8. The second-order valence-corrected chi connectivity index (χ2v) is 5.25. The van der Waals surface area contributed by atoms with Crippen molar-refractivity contribution in [1.82, 2.24) is 0 Å². The molecule has 0 aromatic heterocycles. The number of anilines is 1. The van der Waals surface area contributed by atoms with E-state index in [2.05, 4.69) is 11.9 Å². The highest BCUT2D eigenvalue weighted by molar-refractivity contribution is 6.09. The van der Waals surface area contributed by atoms with E-state index in [1.54, 1.807) is 54.6 Å². The molecule has 1 amide bonds. The van der Waals surface area contributed by atoms with Crippen LogP contribution in [0.25, 0.3) is 6.08 Å². The third-order valence-electron chi connectivity index (χ3n) is 3.35. The number of carbonyl (C=O) groups is 1. The van der Waals surface area contributed by atoms with Gasteiger partial charge in [-0.25, -0.2) is 0 Å². The Kier molecular flexibility index (Phi) is 7.02. The Hall–Kier alpha value is -3.52. The fourth-order valence-electron chi connectivity index (χ4n) is 2.13. The number of nitrogens with zero attached hydrogens (tertiary/aromatic N) is 1. The summed E-state index contributed by atoms with van der Waals surface area (Å²) in [6.07, 6.45) is 3.19. The van der Waals surface area contributed by atoms with Gasteiger partial charge in [-0.15, -0.1) is 0 Å². The van der Waals surface area contributed by atoms with Gasteiger partial charge in [0.2, 0.25) is 0 Å². The summed E-state index contributed by atoms with van der Waals surface area (Å²) < 4.78 is 10.8. The summed E-state index contributed by atoms with van der Waals surface area (Å²) in [4.78, 5) is 12.3. The number of carbonyl (C=O) groups excluding carboxylic acids is 1. The lowest BCUT2D eigenvalue weighted by Gasteiger charge is -2.07. The molecule has 0 radical (unpaired) electrons. The van der Waals surface area contributed by atoms with Gasteiger partial charge >= 0.3 is 0 Å². The Bertz CT molecular complexity index is 816. The van der Waals surface area contributed by atoms with Crippen molar-refractivity contribution >= 4 is 17.7 Å². The summed E-state index contributed by atoms with van der Waals surface area (Å²) in [5.74, 6) is 0.948. The maximum Gasteiger partial charge on any atom is 0.266 e. The van der Waals surface area contributed by atoms with E-state index >= 15 is 0 Å². The van der Waals surface area contributed by atoms with E-state index in [1.807, 2.05) is 13.0 Å². The first-order valence-electron chi connectivity index (χ1n) is 8.16. The molecule has 1 N–H and O–H groups in total. The smallest absolute Gasteiger partial charge is 0.266 e. The minimum absolute atomic E-state index is 0.0126. The van der Waals surface area contributed by atoms with Gasteiger partial charge in [0, 0.05) is 5.69 Å². The van der Waals surface area contributed by atoms with Crippen LogP contribution in [-0.4, -0.2) is 19.1 Å². The van der Waals surface area contributed by atoms with Crippen LogP contribution in [0.3, 0.4) is 0 Å². The van der Waals surface area contributed by atoms with Gasteiger partial charge in [0.15, 0.2) is 0 Å². The topological polar surface area (TPSA) is 71.3 Å². The van der Waals surface area contributed by atoms with Crippen LogP contribution in [0, 0.1) is 11.3 Å². The maximum atomic E-state index is 12.3. The molecule has 0 aliphatic carbocycles. The average Bonchev–Trinajstić information content (AvgIpc) is 2.67.